The largest absolute Gasteiger partial charge is 0.387 e. The van der Waals surface area contributed by atoms with Crippen LogP contribution in [0.2, 0.25) is 0 Å². The van der Waals surface area contributed by atoms with E-state index in [9.17, 15) is 9.90 Å². The van der Waals surface area contributed by atoms with Gasteiger partial charge in [0.1, 0.15) is 10.7 Å². The summed E-state index contributed by atoms with van der Waals surface area (Å²) in [7, 11) is 1.65. The number of aromatic amines is 1. The van der Waals surface area contributed by atoms with Crippen molar-refractivity contribution in [3.63, 3.8) is 0 Å². The number of H-pyrrole nitrogens is 1. The number of aliphatic hydroxyl groups excluding tert-OH is 1. The van der Waals surface area contributed by atoms with Gasteiger partial charge in [-0.3, -0.25) is 9.69 Å². The van der Waals surface area contributed by atoms with Crippen molar-refractivity contribution in [2.45, 2.75) is 26.5 Å². The van der Waals surface area contributed by atoms with Crippen LogP contribution < -0.4 is 5.56 Å². The highest BCUT2D eigenvalue weighted by Gasteiger charge is 2.17. The molecule has 0 saturated carbocycles. The SMILES string of the molecule is COCCN(Cc1nc2sc(C)c(C)c2c(=O)[nH]1)CC(O)c1ccccc1. The van der Waals surface area contributed by atoms with E-state index < -0.39 is 6.10 Å². The predicted octanol–water partition coefficient (Wildman–Crippen LogP) is 2.78. The molecule has 0 radical (unpaired) electrons. The molecule has 2 heterocycles. The fourth-order valence-corrected chi connectivity index (χ4v) is 4.12. The van der Waals surface area contributed by atoms with E-state index in [1.807, 2.05) is 49.1 Å². The lowest BCUT2D eigenvalue weighted by Gasteiger charge is -2.24. The molecular weight excluding hydrogens is 362 g/mol. The summed E-state index contributed by atoms with van der Waals surface area (Å²) in [5.41, 5.74) is 1.75. The third-order valence-electron chi connectivity index (χ3n) is 4.69. The van der Waals surface area contributed by atoms with Gasteiger partial charge < -0.3 is 14.8 Å². The van der Waals surface area contributed by atoms with E-state index in [2.05, 4.69) is 9.97 Å². The molecule has 27 heavy (non-hydrogen) atoms. The lowest BCUT2D eigenvalue weighted by molar-refractivity contribution is 0.0835. The van der Waals surface area contributed by atoms with Gasteiger partial charge in [0.25, 0.3) is 5.56 Å². The minimum absolute atomic E-state index is 0.104. The minimum atomic E-state index is -0.621. The van der Waals surface area contributed by atoms with Crippen LogP contribution in [0.5, 0.6) is 0 Å². The molecule has 6 nitrogen and oxygen atoms in total. The van der Waals surface area contributed by atoms with Gasteiger partial charge in [-0.25, -0.2) is 4.98 Å². The first kappa shape index (κ1) is 19.7. The van der Waals surface area contributed by atoms with Crippen LogP contribution in [0, 0.1) is 13.8 Å². The van der Waals surface area contributed by atoms with Crippen LogP contribution in [0.15, 0.2) is 35.1 Å². The van der Waals surface area contributed by atoms with Crippen LogP contribution in [-0.2, 0) is 11.3 Å². The average molecular weight is 388 g/mol. The number of aryl methyl sites for hydroxylation is 2. The van der Waals surface area contributed by atoms with Crippen molar-refractivity contribution in [3.05, 3.63) is 62.5 Å². The monoisotopic (exact) mass is 387 g/mol. The Bertz CT molecular complexity index is 952. The second kappa shape index (κ2) is 8.75. The fourth-order valence-electron chi connectivity index (χ4n) is 3.07. The van der Waals surface area contributed by atoms with Gasteiger partial charge >= 0.3 is 0 Å². The van der Waals surface area contributed by atoms with Gasteiger partial charge in [0.05, 0.1) is 24.6 Å². The molecule has 7 heteroatoms. The molecule has 3 rings (SSSR count). The number of aliphatic hydroxyl groups is 1. The van der Waals surface area contributed by atoms with Crippen LogP contribution >= 0.6 is 11.3 Å². The highest BCUT2D eigenvalue weighted by Crippen LogP contribution is 2.26. The van der Waals surface area contributed by atoms with Crippen molar-refractivity contribution in [3.8, 4) is 0 Å². The summed E-state index contributed by atoms with van der Waals surface area (Å²) in [5.74, 6) is 0.602. The zero-order valence-corrected chi connectivity index (χ0v) is 16.7. The molecule has 0 bridgehead atoms. The van der Waals surface area contributed by atoms with E-state index in [0.717, 1.165) is 20.8 Å². The van der Waals surface area contributed by atoms with Gasteiger partial charge in [0.2, 0.25) is 0 Å². The van der Waals surface area contributed by atoms with Gasteiger partial charge in [0, 0.05) is 25.1 Å². The number of benzene rings is 1. The average Bonchev–Trinajstić information content (AvgIpc) is 2.94. The number of thiophene rings is 1. The van der Waals surface area contributed by atoms with E-state index in [-0.39, 0.29) is 5.56 Å². The molecule has 2 aromatic heterocycles. The number of nitrogens with zero attached hydrogens (tertiary/aromatic N) is 2. The Kier molecular flexibility index (Phi) is 6.38. The van der Waals surface area contributed by atoms with Crippen molar-refractivity contribution in [1.82, 2.24) is 14.9 Å². The number of hydrogen-bond donors (Lipinski definition) is 2. The Hall–Kier alpha value is -2.06. The van der Waals surface area contributed by atoms with Crippen LogP contribution in [0.25, 0.3) is 10.2 Å². The van der Waals surface area contributed by atoms with Crippen LogP contribution in [0.3, 0.4) is 0 Å². The van der Waals surface area contributed by atoms with E-state index in [1.165, 1.54) is 11.3 Å². The maximum absolute atomic E-state index is 12.5. The van der Waals surface area contributed by atoms with Crippen molar-refractivity contribution >= 4 is 21.6 Å². The van der Waals surface area contributed by atoms with Gasteiger partial charge in [-0.2, -0.15) is 0 Å². The van der Waals surface area contributed by atoms with Gasteiger partial charge in [0.15, 0.2) is 0 Å². The summed E-state index contributed by atoms with van der Waals surface area (Å²) < 4.78 is 5.20. The van der Waals surface area contributed by atoms with E-state index >= 15 is 0 Å². The summed E-state index contributed by atoms with van der Waals surface area (Å²) in [6, 6.07) is 9.55. The number of ether oxygens (including phenoxy) is 1. The van der Waals surface area contributed by atoms with E-state index in [0.29, 0.717) is 37.5 Å². The van der Waals surface area contributed by atoms with Crippen molar-refractivity contribution in [2.75, 3.05) is 26.8 Å². The third-order valence-corrected chi connectivity index (χ3v) is 5.79. The van der Waals surface area contributed by atoms with Crippen LogP contribution in [-0.4, -0.2) is 46.8 Å². The Morgan fingerprint density at radius 3 is 2.74 bits per heavy atom. The van der Waals surface area contributed by atoms with E-state index in [4.69, 9.17) is 4.74 Å². The van der Waals surface area contributed by atoms with Gasteiger partial charge in [-0.15, -0.1) is 11.3 Å². The smallest absolute Gasteiger partial charge is 0.259 e. The number of fused-ring (bicyclic) bond motifs is 1. The zero-order chi connectivity index (χ0) is 19.4. The molecule has 0 aliphatic rings. The highest BCUT2D eigenvalue weighted by atomic mass is 32.1. The first-order valence-electron chi connectivity index (χ1n) is 8.92. The minimum Gasteiger partial charge on any atom is -0.387 e. The molecule has 144 valence electrons. The maximum atomic E-state index is 12.5. The quantitative estimate of drug-likeness (QED) is 0.621. The van der Waals surface area contributed by atoms with Crippen molar-refractivity contribution in [2.24, 2.45) is 0 Å². The summed E-state index contributed by atoms with van der Waals surface area (Å²) in [6.07, 6.45) is -0.621. The lowest BCUT2D eigenvalue weighted by atomic mass is 10.1. The topological polar surface area (TPSA) is 78.5 Å². The normalized spacial score (nSPS) is 12.8. The molecule has 1 aromatic carbocycles. The Morgan fingerprint density at radius 2 is 2.04 bits per heavy atom. The Balaban J connectivity index is 1.81. The second-order valence-corrected chi connectivity index (χ2v) is 7.83. The zero-order valence-electron chi connectivity index (χ0n) is 15.9. The van der Waals surface area contributed by atoms with Crippen molar-refractivity contribution in [1.29, 1.82) is 0 Å². The molecule has 0 spiro atoms. The molecule has 0 amide bonds. The van der Waals surface area contributed by atoms with Crippen molar-refractivity contribution < 1.29 is 9.84 Å². The maximum Gasteiger partial charge on any atom is 0.259 e. The fraction of sp³-hybridized carbons (Fsp3) is 0.400. The lowest BCUT2D eigenvalue weighted by Crippen LogP contribution is -2.32. The number of nitrogens with one attached hydrogen (secondary N) is 1. The number of rotatable bonds is 8. The summed E-state index contributed by atoms with van der Waals surface area (Å²) in [4.78, 5) is 23.9. The first-order chi connectivity index (χ1) is 13.0. The Morgan fingerprint density at radius 1 is 1.30 bits per heavy atom. The van der Waals surface area contributed by atoms with Gasteiger partial charge in [-0.05, 0) is 25.0 Å². The molecule has 3 aromatic rings. The molecule has 1 unspecified atom stereocenters. The Labute approximate surface area is 162 Å². The molecule has 0 aliphatic carbocycles. The third kappa shape index (κ3) is 4.62. The summed E-state index contributed by atoms with van der Waals surface area (Å²) in [6.45, 7) is 5.98. The van der Waals surface area contributed by atoms with E-state index in [1.54, 1.807) is 7.11 Å². The number of methoxy groups -OCH3 is 1. The number of hydrogen-bond acceptors (Lipinski definition) is 6. The first-order valence-corrected chi connectivity index (χ1v) is 9.74. The summed E-state index contributed by atoms with van der Waals surface area (Å²) in [5, 5.41) is 11.2. The molecule has 1 atom stereocenters. The molecule has 0 aliphatic heterocycles. The van der Waals surface area contributed by atoms with Crippen LogP contribution in [0.1, 0.15) is 27.9 Å². The standard InChI is InChI=1S/C20H25N3O3S/c1-13-14(2)27-20-18(13)19(25)21-17(22-20)12-23(9-10-26-3)11-16(24)15-7-5-4-6-8-15/h4-8,16,24H,9-12H2,1-3H3,(H,21,22,25). The molecule has 0 fully saturated rings. The van der Waals surface area contributed by atoms with Crippen LogP contribution in [0.4, 0.5) is 0 Å². The molecule has 2 N–H and O–H groups in total. The predicted molar refractivity (Wildman–Crippen MR) is 108 cm³/mol. The highest BCUT2D eigenvalue weighted by molar-refractivity contribution is 7.18. The number of aromatic nitrogens is 2. The second-order valence-electron chi connectivity index (χ2n) is 6.63. The summed E-state index contributed by atoms with van der Waals surface area (Å²) >= 11 is 1.54. The molecular formula is C20H25N3O3S. The van der Waals surface area contributed by atoms with Gasteiger partial charge in [-0.1, -0.05) is 30.3 Å². The molecule has 0 saturated heterocycles.